The molecule has 1 aromatic carbocycles. The maximum absolute atomic E-state index is 5.68. The van der Waals surface area contributed by atoms with Crippen LogP contribution in [0.2, 0.25) is 0 Å². The van der Waals surface area contributed by atoms with E-state index in [4.69, 9.17) is 10.6 Å². The Balaban J connectivity index is 2.17. The predicted octanol–water partition coefficient (Wildman–Crippen LogP) is 2.34. The van der Waals surface area contributed by atoms with Crippen molar-refractivity contribution in [2.75, 3.05) is 7.11 Å². The SMILES string of the molecule is COC(C(C)C)C(Cc1nc2ccccc2s1)NN. The minimum Gasteiger partial charge on any atom is -0.380 e. The van der Waals surface area contributed by atoms with Crippen LogP contribution in [0.4, 0.5) is 0 Å². The van der Waals surface area contributed by atoms with Crippen molar-refractivity contribution in [2.24, 2.45) is 11.8 Å². The Hall–Kier alpha value is -1.01. The summed E-state index contributed by atoms with van der Waals surface area (Å²) in [6, 6.07) is 8.25. The highest BCUT2D eigenvalue weighted by Crippen LogP contribution is 2.24. The van der Waals surface area contributed by atoms with Gasteiger partial charge in [-0.05, 0) is 18.1 Å². The van der Waals surface area contributed by atoms with Gasteiger partial charge in [-0.2, -0.15) is 0 Å². The van der Waals surface area contributed by atoms with E-state index in [1.54, 1.807) is 18.4 Å². The minimum absolute atomic E-state index is 0.0746. The van der Waals surface area contributed by atoms with Gasteiger partial charge in [0.25, 0.3) is 0 Å². The summed E-state index contributed by atoms with van der Waals surface area (Å²) in [4.78, 5) is 4.64. The molecule has 19 heavy (non-hydrogen) atoms. The second-order valence-corrected chi connectivity index (χ2v) is 6.11. The van der Waals surface area contributed by atoms with Crippen molar-refractivity contribution >= 4 is 21.6 Å². The molecule has 0 saturated carbocycles. The number of para-hydroxylation sites is 1. The number of rotatable bonds is 6. The molecule has 0 radical (unpaired) electrons. The summed E-state index contributed by atoms with van der Waals surface area (Å²) in [6.45, 7) is 4.27. The fourth-order valence-electron chi connectivity index (χ4n) is 2.37. The van der Waals surface area contributed by atoms with E-state index in [0.717, 1.165) is 16.9 Å². The molecule has 0 spiro atoms. The van der Waals surface area contributed by atoms with Gasteiger partial charge in [-0.3, -0.25) is 11.3 Å². The van der Waals surface area contributed by atoms with E-state index in [1.807, 2.05) is 18.2 Å². The molecular weight excluding hydrogens is 258 g/mol. The molecule has 0 fully saturated rings. The van der Waals surface area contributed by atoms with E-state index in [9.17, 15) is 0 Å². The highest BCUT2D eigenvalue weighted by atomic mass is 32.1. The highest BCUT2D eigenvalue weighted by molar-refractivity contribution is 7.18. The number of nitrogens with one attached hydrogen (secondary N) is 1. The Morgan fingerprint density at radius 1 is 1.37 bits per heavy atom. The van der Waals surface area contributed by atoms with Crippen LogP contribution in [0.25, 0.3) is 10.2 Å². The quantitative estimate of drug-likeness (QED) is 0.629. The smallest absolute Gasteiger partial charge is 0.0955 e. The van der Waals surface area contributed by atoms with Gasteiger partial charge in [0, 0.05) is 13.5 Å². The first-order valence-electron chi connectivity index (χ1n) is 6.49. The van der Waals surface area contributed by atoms with Gasteiger partial charge < -0.3 is 4.74 Å². The summed E-state index contributed by atoms with van der Waals surface area (Å²) < 4.78 is 6.76. The average Bonchev–Trinajstić information content (AvgIpc) is 2.80. The summed E-state index contributed by atoms with van der Waals surface area (Å²) in [5.74, 6) is 6.08. The molecular formula is C14H21N3OS. The van der Waals surface area contributed by atoms with E-state index in [0.29, 0.717) is 5.92 Å². The first-order valence-corrected chi connectivity index (χ1v) is 7.30. The lowest BCUT2D eigenvalue weighted by molar-refractivity contribution is 0.0332. The average molecular weight is 279 g/mol. The van der Waals surface area contributed by atoms with Gasteiger partial charge in [-0.25, -0.2) is 4.98 Å². The highest BCUT2D eigenvalue weighted by Gasteiger charge is 2.24. The third-order valence-electron chi connectivity index (χ3n) is 3.27. The molecule has 0 aliphatic heterocycles. The van der Waals surface area contributed by atoms with Crippen LogP contribution in [0.1, 0.15) is 18.9 Å². The van der Waals surface area contributed by atoms with Crippen LogP contribution in [0.3, 0.4) is 0 Å². The molecule has 3 N–H and O–H groups in total. The lowest BCUT2D eigenvalue weighted by atomic mass is 9.98. The number of nitrogens with two attached hydrogens (primary N) is 1. The van der Waals surface area contributed by atoms with Crippen molar-refractivity contribution in [1.82, 2.24) is 10.4 Å². The number of aromatic nitrogens is 1. The van der Waals surface area contributed by atoms with Crippen molar-refractivity contribution < 1.29 is 4.74 Å². The number of thiazole rings is 1. The second kappa shape index (κ2) is 6.43. The number of fused-ring (bicyclic) bond motifs is 1. The molecule has 2 unspecified atom stereocenters. The first kappa shape index (κ1) is 14.4. The Morgan fingerprint density at radius 3 is 2.68 bits per heavy atom. The van der Waals surface area contributed by atoms with Crippen molar-refractivity contribution in [3.05, 3.63) is 29.3 Å². The molecule has 4 nitrogen and oxygen atoms in total. The number of hydrogen-bond acceptors (Lipinski definition) is 5. The van der Waals surface area contributed by atoms with Crippen LogP contribution < -0.4 is 11.3 Å². The van der Waals surface area contributed by atoms with Crippen molar-refractivity contribution in [3.8, 4) is 0 Å². The number of methoxy groups -OCH3 is 1. The molecule has 0 aliphatic rings. The van der Waals surface area contributed by atoms with Crippen LogP contribution in [-0.2, 0) is 11.2 Å². The van der Waals surface area contributed by atoms with Gasteiger partial charge in [-0.15, -0.1) is 11.3 Å². The van der Waals surface area contributed by atoms with Gasteiger partial charge in [0.15, 0.2) is 0 Å². The third kappa shape index (κ3) is 3.30. The summed E-state index contributed by atoms with van der Waals surface area (Å²) in [5.41, 5.74) is 3.92. The Morgan fingerprint density at radius 2 is 2.11 bits per heavy atom. The van der Waals surface area contributed by atoms with Gasteiger partial charge in [-0.1, -0.05) is 26.0 Å². The molecule has 1 heterocycles. The van der Waals surface area contributed by atoms with Crippen molar-refractivity contribution in [3.63, 3.8) is 0 Å². The van der Waals surface area contributed by atoms with E-state index >= 15 is 0 Å². The van der Waals surface area contributed by atoms with Gasteiger partial charge in [0.1, 0.15) is 0 Å². The molecule has 104 valence electrons. The number of nitrogens with zero attached hydrogens (tertiary/aromatic N) is 1. The number of hydrazine groups is 1. The van der Waals surface area contributed by atoms with Crippen LogP contribution >= 0.6 is 11.3 Å². The number of benzene rings is 1. The predicted molar refractivity (Wildman–Crippen MR) is 80.1 cm³/mol. The molecule has 1 aromatic heterocycles. The molecule has 2 rings (SSSR count). The van der Waals surface area contributed by atoms with Crippen LogP contribution in [-0.4, -0.2) is 24.2 Å². The van der Waals surface area contributed by atoms with Crippen LogP contribution in [0.15, 0.2) is 24.3 Å². The molecule has 5 heteroatoms. The van der Waals surface area contributed by atoms with E-state index in [1.165, 1.54) is 4.70 Å². The maximum atomic E-state index is 5.68. The zero-order valence-corrected chi connectivity index (χ0v) is 12.4. The number of hydrogen-bond donors (Lipinski definition) is 2. The minimum atomic E-state index is 0.0746. The van der Waals surface area contributed by atoms with Crippen molar-refractivity contribution in [1.29, 1.82) is 0 Å². The molecule has 0 saturated heterocycles. The number of ether oxygens (including phenoxy) is 1. The normalized spacial score (nSPS) is 15.0. The van der Waals surface area contributed by atoms with Crippen LogP contribution in [0.5, 0.6) is 0 Å². The zero-order valence-electron chi connectivity index (χ0n) is 11.6. The van der Waals surface area contributed by atoms with Crippen molar-refractivity contribution in [2.45, 2.75) is 32.4 Å². The maximum Gasteiger partial charge on any atom is 0.0955 e. The topological polar surface area (TPSA) is 60.2 Å². The standard InChI is InChI=1S/C14H21N3OS/c1-9(2)14(18-3)11(17-15)8-13-16-10-6-4-5-7-12(10)19-13/h4-7,9,11,14,17H,8,15H2,1-3H3. The first-order chi connectivity index (χ1) is 9.15. The monoisotopic (exact) mass is 279 g/mol. The molecule has 2 atom stereocenters. The fourth-order valence-corrected chi connectivity index (χ4v) is 3.39. The molecule has 0 amide bonds. The third-order valence-corrected chi connectivity index (χ3v) is 4.33. The summed E-state index contributed by atoms with van der Waals surface area (Å²) in [6.07, 6.45) is 0.865. The lowest BCUT2D eigenvalue weighted by Crippen LogP contribution is -2.48. The fraction of sp³-hybridized carbons (Fsp3) is 0.500. The summed E-state index contributed by atoms with van der Waals surface area (Å²) >= 11 is 1.72. The molecule has 2 aromatic rings. The second-order valence-electron chi connectivity index (χ2n) is 5.00. The van der Waals surface area contributed by atoms with Gasteiger partial charge in [0.2, 0.25) is 0 Å². The largest absolute Gasteiger partial charge is 0.380 e. The van der Waals surface area contributed by atoms with E-state index in [-0.39, 0.29) is 12.1 Å². The van der Waals surface area contributed by atoms with E-state index in [2.05, 4.69) is 30.3 Å². The Kier molecular flexibility index (Phi) is 4.87. The molecule has 0 aliphatic carbocycles. The summed E-state index contributed by atoms with van der Waals surface area (Å²) in [7, 11) is 1.73. The van der Waals surface area contributed by atoms with Gasteiger partial charge >= 0.3 is 0 Å². The van der Waals surface area contributed by atoms with Crippen LogP contribution in [0, 0.1) is 5.92 Å². The lowest BCUT2D eigenvalue weighted by Gasteiger charge is -2.27. The Labute approximate surface area is 118 Å². The Bertz CT molecular complexity index is 493. The van der Waals surface area contributed by atoms with E-state index < -0.39 is 0 Å². The zero-order chi connectivity index (χ0) is 13.8. The molecule has 0 bridgehead atoms. The summed E-state index contributed by atoms with van der Waals surface area (Å²) in [5, 5.41) is 1.09. The van der Waals surface area contributed by atoms with Gasteiger partial charge in [0.05, 0.1) is 27.4 Å².